The van der Waals surface area contributed by atoms with Gasteiger partial charge >= 0.3 is 5.97 Å². The number of benzene rings is 1. The first-order valence-corrected chi connectivity index (χ1v) is 14.7. The normalized spacial score (nSPS) is 26.0. The average molecular weight is 571 g/mol. The molecule has 0 bridgehead atoms. The second kappa shape index (κ2) is 11.8. The Hall–Kier alpha value is -2.79. The average Bonchev–Trinajstić information content (AvgIpc) is 3.86. The number of hydrogen-bond acceptors (Lipinski definition) is 8. The van der Waals surface area contributed by atoms with Gasteiger partial charge in [-0.1, -0.05) is 12.1 Å². The first-order chi connectivity index (χ1) is 19.5. The van der Waals surface area contributed by atoms with Crippen molar-refractivity contribution >= 4 is 17.8 Å². The summed E-state index contributed by atoms with van der Waals surface area (Å²) in [5.74, 6) is -0.931. The van der Waals surface area contributed by atoms with Crippen LogP contribution in [-0.4, -0.2) is 70.3 Å². The first kappa shape index (κ1) is 29.7. The number of carbonyl (C=O) groups excluding carboxylic acids is 3. The molecule has 0 spiro atoms. The second-order valence-electron chi connectivity index (χ2n) is 12.8. The minimum absolute atomic E-state index is 0.0698. The number of carbonyl (C=O) groups is 3. The predicted molar refractivity (Wildman–Crippen MR) is 148 cm³/mol. The summed E-state index contributed by atoms with van der Waals surface area (Å²) in [5.41, 5.74) is 0.958. The van der Waals surface area contributed by atoms with Gasteiger partial charge in [-0.15, -0.1) is 0 Å². The lowest BCUT2D eigenvalue weighted by Crippen LogP contribution is -2.41. The van der Waals surface area contributed by atoms with Gasteiger partial charge < -0.3 is 35.1 Å². The van der Waals surface area contributed by atoms with Crippen LogP contribution in [0.2, 0.25) is 0 Å². The SMILES string of the molecule is CC(C)(C)OC(=O)CCC(CO)NC(=O)c1cccc(CNC(=O)C2=CC3OC(C4CC4)(C4CC4)OC3C(O)C2)c1. The lowest BCUT2D eigenvalue weighted by atomic mass is 9.92. The molecule has 1 aromatic rings. The van der Waals surface area contributed by atoms with Crippen molar-refractivity contribution in [2.24, 2.45) is 11.8 Å². The minimum atomic E-state index is -0.813. The number of hydrogen-bond donors (Lipinski definition) is 4. The van der Waals surface area contributed by atoms with Crippen molar-refractivity contribution in [1.82, 2.24) is 10.6 Å². The maximum atomic E-state index is 13.0. The van der Waals surface area contributed by atoms with Gasteiger partial charge in [-0.3, -0.25) is 14.4 Å². The molecular weight excluding hydrogens is 528 g/mol. The standard InChI is InChI=1S/C31H42N2O8/c1-30(2,3)40-26(36)12-11-23(17-34)33-29(38)19-6-4-5-18(13-19)16-32-28(37)20-14-24(35)27-25(15-20)39-31(41-27,21-7-8-21)22-9-10-22/h4-6,13,15,21-25,27,34-35H,7-12,14,16-17H2,1-3H3,(H,32,37)(H,33,38). The van der Waals surface area contributed by atoms with Crippen molar-refractivity contribution in [1.29, 1.82) is 0 Å². The molecule has 2 saturated carbocycles. The predicted octanol–water partition coefficient (Wildman–Crippen LogP) is 2.51. The molecule has 0 aromatic heterocycles. The number of aliphatic hydroxyl groups excluding tert-OH is 2. The van der Waals surface area contributed by atoms with Crippen LogP contribution in [0.25, 0.3) is 0 Å². The molecule has 4 aliphatic rings. The monoisotopic (exact) mass is 570 g/mol. The molecule has 1 aromatic carbocycles. The van der Waals surface area contributed by atoms with E-state index in [1.807, 2.05) is 0 Å². The third kappa shape index (κ3) is 7.17. The van der Waals surface area contributed by atoms with Gasteiger partial charge in [0, 0.05) is 42.4 Å². The molecule has 41 heavy (non-hydrogen) atoms. The molecule has 4 N–H and O–H groups in total. The second-order valence-corrected chi connectivity index (χ2v) is 12.8. The van der Waals surface area contributed by atoms with Gasteiger partial charge in [0.1, 0.15) is 17.8 Å². The van der Waals surface area contributed by atoms with Gasteiger partial charge in [-0.05, 0) is 76.6 Å². The van der Waals surface area contributed by atoms with Gasteiger partial charge in [-0.25, -0.2) is 0 Å². The Morgan fingerprint density at radius 3 is 2.44 bits per heavy atom. The number of amides is 2. The van der Waals surface area contributed by atoms with Crippen LogP contribution < -0.4 is 10.6 Å². The Morgan fingerprint density at radius 2 is 1.80 bits per heavy atom. The Morgan fingerprint density at radius 1 is 1.10 bits per heavy atom. The van der Waals surface area contributed by atoms with Crippen molar-refractivity contribution < 1.29 is 38.8 Å². The summed E-state index contributed by atoms with van der Waals surface area (Å²) in [6.45, 7) is 5.22. The molecule has 10 nitrogen and oxygen atoms in total. The number of aliphatic hydroxyl groups is 2. The van der Waals surface area contributed by atoms with Crippen molar-refractivity contribution in [2.45, 2.75) is 108 Å². The van der Waals surface area contributed by atoms with Gasteiger partial charge in [0.2, 0.25) is 5.91 Å². The van der Waals surface area contributed by atoms with E-state index in [-0.39, 0.29) is 38.3 Å². The molecule has 10 heteroatoms. The molecule has 4 atom stereocenters. The van der Waals surface area contributed by atoms with Gasteiger partial charge in [0.15, 0.2) is 5.79 Å². The summed E-state index contributed by atoms with van der Waals surface area (Å²) in [7, 11) is 0. The Labute approximate surface area is 240 Å². The third-order valence-corrected chi connectivity index (χ3v) is 8.04. The largest absolute Gasteiger partial charge is 0.460 e. The molecule has 4 unspecified atom stereocenters. The fraction of sp³-hybridized carbons (Fsp3) is 0.645. The number of nitrogens with one attached hydrogen (secondary N) is 2. The van der Waals surface area contributed by atoms with Crippen LogP contribution >= 0.6 is 0 Å². The third-order valence-electron chi connectivity index (χ3n) is 8.04. The van der Waals surface area contributed by atoms with Gasteiger partial charge in [0.05, 0.1) is 18.8 Å². The summed E-state index contributed by atoms with van der Waals surface area (Å²) >= 11 is 0. The van der Waals surface area contributed by atoms with Crippen molar-refractivity contribution in [3.63, 3.8) is 0 Å². The van der Waals surface area contributed by atoms with E-state index in [0.717, 1.165) is 31.2 Å². The van der Waals surface area contributed by atoms with Crippen LogP contribution in [0, 0.1) is 11.8 Å². The summed E-state index contributed by atoms with van der Waals surface area (Å²) in [6.07, 6.45) is 4.91. The fourth-order valence-corrected chi connectivity index (χ4v) is 5.76. The van der Waals surface area contributed by atoms with Crippen LogP contribution in [0.15, 0.2) is 35.9 Å². The van der Waals surface area contributed by atoms with E-state index in [9.17, 15) is 24.6 Å². The highest BCUT2D eigenvalue weighted by atomic mass is 16.8. The van der Waals surface area contributed by atoms with Crippen LogP contribution in [0.5, 0.6) is 0 Å². The van der Waals surface area contributed by atoms with Gasteiger partial charge in [0.25, 0.3) is 5.91 Å². The smallest absolute Gasteiger partial charge is 0.306 e. The minimum Gasteiger partial charge on any atom is -0.460 e. The molecule has 5 rings (SSSR count). The molecule has 2 amide bonds. The molecule has 3 aliphatic carbocycles. The number of rotatable bonds is 11. The molecule has 224 valence electrons. The van der Waals surface area contributed by atoms with Crippen LogP contribution in [0.3, 0.4) is 0 Å². The van der Waals surface area contributed by atoms with Crippen molar-refractivity contribution in [2.75, 3.05) is 6.61 Å². The van der Waals surface area contributed by atoms with Crippen LogP contribution in [-0.2, 0) is 30.3 Å². The van der Waals surface area contributed by atoms with E-state index in [0.29, 0.717) is 23.0 Å². The number of esters is 1. The first-order valence-electron chi connectivity index (χ1n) is 14.7. The number of ether oxygens (including phenoxy) is 3. The van der Waals surface area contributed by atoms with E-state index in [1.165, 1.54) is 0 Å². The Balaban J connectivity index is 1.14. The van der Waals surface area contributed by atoms with E-state index in [4.69, 9.17) is 14.2 Å². The molecule has 3 fully saturated rings. The topological polar surface area (TPSA) is 143 Å². The molecule has 0 radical (unpaired) electrons. The van der Waals surface area contributed by atoms with Gasteiger partial charge in [-0.2, -0.15) is 0 Å². The molecule has 1 heterocycles. The van der Waals surface area contributed by atoms with E-state index < -0.39 is 47.6 Å². The lowest BCUT2D eigenvalue weighted by molar-refractivity contribution is -0.209. The summed E-state index contributed by atoms with van der Waals surface area (Å²) in [5, 5.41) is 26.2. The zero-order valence-corrected chi connectivity index (χ0v) is 24.1. The lowest BCUT2D eigenvalue weighted by Gasteiger charge is -2.29. The zero-order valence-electron chi connectivity index (χ0n) is 24.1. The fourth-order valence-electron chi connectivity index (χ4n) is 5.76. The van der Waals surface area contributed by atoms with Crippen LogP contribution in [0.4, 0.5) is 0 Å². The molecule has 1 aliphatic heterocycles. The zero-order chi connectivity index (χ0) is 29.4. The highest BCUT2D eigenvalue weighted by Gasteiger charge is 2.64. The van der Waals surface area contributed by atoms with Crippen molar-refractivity contribution in [3.8, 4) is 0 Å². The molecular formula is C31H42N2O8. The highest BCUT2D eigenvalue weighted by molar-refractivity contribution is 5.95. The number of fused-ring (bicyclic) bond motifs is 1. The van der Waals surface area contributed by atoms with Crippen molar-refractivity contribution in [3.05, 3.63) is 47.0 Å². The molecule has 1 saturated heterocycles. The van der Waals surface area contributed by atoms with E-state index in [1.54, 1.807) is 51.1 Å². The van der Waals surface area contributed by atoms with E-state index in [2.05, 4.69) is 10.6 Å². The summed E-state index contributed by atoms with van der Waals surface area (Å²) < 4.78 is 18.1. The Kier molecular flexibility index (Phi) is 8.57. The Bertz CT molecular complexity index is 1170. The quantitative estimate of drug-likeness (QED) is 0.297. The maximum absolute atomic E-state index is 13.0. The summed E-state index contributed by atoms with van der Waals surface area (Å²) in [6, 6.07) is 6.24. The van der Waals surface area contributed by atoms with Crippen LogP contribution in [0.1, 0.15) is 81.6 Å². The summed E-state index contributed by atoms with van der Waals surface area (Å²) in [4.78, 5) is 37.9. The van der Waals surface area contributed by atoms with E-state index >= 15 is 0 Å². The maximum Gasteiger partial charge on any atom is 0.306 e. The highest BCUT2D eigenvalue weighted by Crippen LogP contribution is 2.59.